The van der Waals surface area contributed by atoms with Crippen LogP contribution in [-0.4, -0.2) is 46.5 Å². The first kappa shape index (κ1) is 17.0. The highest BCUT2D eigenvalue weighted by Crippen LogP contribution is 2.37. The molecule has 0 radical (unpaired) electrons. The fourth-order valence-corrected chi connectivity index (χ4v) is 4.26. The van der Waals surface area contributed by atoms with E-state index in [1.165, 1.54) is 6.42 Å². The minimum absolute atomic E-state index is 0.0341. The van der Waals surface area contributed by atoms with E-state index in [4.69, 9.17) is 0 Å². The molecular weight excluding hydrogens is 332 g/mol. The van der Waals surface area contributed by atoms with E-state index in [1.807, 2.05) is 4.90 Å². The van der Waals surface area contributed by atoms with Crippen LogP contribution in [0.1, 0.15) is 36.5 Å². The summed E-state index contributed by atoms with van der Waals surface area (Å²) in [5.74, 6) is -0.0341. The van der Waals surface area contributed by atoms with Crippen LogP contribution in [0.5, 0.6) is 0 Å². The van der Waals surface area contributed by atoms with E-state index in [0.29, 0.717) is 28.4 Å². The van der Waals surface area contributed by atoms with Crippen molar-refractivity contribution in [1.29, 1.82) is 0 Å². The predicted molar refractivity (Wildman–Crippen MR) is 99.6 cm³/mol. The number of nitrogens with one attached hydrogen (secondary N) is 2. The molecule has 2 aliphatic rings. The number of rotatable bonds is 2. The van der Waals surface area contributed by atoms with Crippen molar-refractivity contribution in [2.45, 2.75) is 32.7 Å². The number of fused-ring (bicyclic) bond motifs is 1. The molecule has 1 aromatic carbocycles. The van der Waals surface area contributed by atoms with Crippen molar-refractivity contribution in [3.8, 4) is 0 Å². The highest BCUT2D eigenvalue weighted by molar-refractivity contribution is 5.97. The van der Waals surface area contributed by atoms with Crippen LogP contribution in [0.3, 0.4) is 0 Å². The molecule has 2 N–H and O–H groups in total. The maximum absolute atomic E-state index is 12.9. The van der Waals surface area contributed by atoms with Crippen molar-refractivity contribution in [3.05, 3.63) is 44.6 Å². The van der Waals surface area contributed by atoms with Gasteiger partial charge in [-0.25, -0.2) is 4.79 Å². The van der Waals surface area contributed by atoms with Crippen molar-refractivity contribution in [3.63, 3.8) is 0 Å². The van der Waals surface area contributed by atoms with E-state index in [1.54, 1.807) is 25.1 Å². The van der Waals surface area contributed by atoms with Crippen LogP contribution in [-0.2, 0) is 6.54 Å². The van der Waals surface area contributed by atoms with Crippen molar-refractivity contribution in [2.75, 3.05) is 26.2 Å². The van der Waals surface area contributed by atoms with Crippen LogP contribution >= 0.6 is 0 Å². The van der Waals surface area contributed by atoms with E-state index < -0.39 is 5.69 Å². The zero-order valence-electron chi connectivity index (χ0n) is 15.0. The molecule has 0 saturated carbocycles. The Morgan fingerprint density at radius 3 is 2.62 bits per heavy atom. The molecule has 1 aromatic heterocycles. The number of hydrogen-bond acceptors (Lipinski definition) is 4. The number of H-pyrrole nitrogens is 1. The lowest BCUT2D eigenvalue weighted by molar-refractivity contribution is 0.0608. The van der Waals surface area contributed by atoms with Gasteiger partial charge in [-0.3, -0.25) is 14.2 Å². The summed E-state index contributed by atoms with van der Waals surface area (Å²) in [6, 6.07) is 4.95. The zero-order valence-corrected chi connectivity index (χ0v) is 15.0. The molecule has 7 nitrogen and oxygen atoms in total. The Bertz CT molecular complexity index is 959. The van der Waals surface area contributed by atoms with Gasteiger partial charge in [0.15, 0.2) is 0 Å². The average molecular weight is 356 g/mol. The van der Waals surface area contributed by atoms with Crippen LogP contribution in [0.2, 0.25) is 0 Å². The number of aromatic amines is 1. The first-order valence-electron chi connectivity index (χ1n) is 9.30. The molecule has 7 heteroatoms. The molecule has 0 unspecified atom stereocenters. The number of likely N-dealkylation sites (tertiary alicyclic amines) is 1. The van der Waals surface area contributed by atoms with E-state index in [2.05, 4.69) is 10.3 Å². The van der Waals surface area contributed by atoms with E-state index in [9.17, 15) is 14.4 Å². The molecule has 26 heavy (non-hydrogen) atoms. The van der Waals surface area contributed by atoms with Gasteiger partial charge in [0.25, 0.3) is 11.5 Å². The maximum Gasteiger partial charge on any atom is 0.328 e. The summed E-state index contributed by atoms with van der Waals surface area (Å²) in [6.45, 7) is 5.70. The first-order chi connectivity index (χ1) is 12.5. The number of carbonyl (C=O) groups excluding carboxylic acids is 1. The summed E-state index contributed by atoms with van der Waals surface area (Å²) in [6.07, 6.45) is 3.24. The summed E-state index contributed by atoms with van der Waals surface area (Å²) in [5, 5.41) is 3.86. The molecule has 2 aromatic rings. The number of piperidine rings is 1. The fraction of sp³-hybridized carbons (Fsp3) is 0.526. The van der Waals surface area contributed by atoms with Gasteiger partial charge in [0.05, 0.1) is 10.9 Å². The number of carbonyl (C=O) groups is 1. The van der Waals surface area contributed by atoms with Gasteiger partial charge in [-0.05, 0) is 56.3 Å². The van der Waals surface area contributed by atoms with Gasteiger partial charge < -0.3 is 15.2 Å². The van der Waals surface area contributed by atoms with Crippen molar-refractivity contribution >= 4 is 16.8 Å². The molecule has 4 rings (SSSR count). The van der Waals surface area contributed by atoms with Crippen molar-refractivity contribution in [1.82, 2.24) is 19.8 Å². The number of amides is 1. The van der Waals surface area contributed by atoms with Crippen LogP contribution in [0.15, 0.2) is 27.8 Å². The topological polar surface area (TPSA) is 87.2 Å². The van der Waals surface area contributed by atoms with Gasteiger partial charge in [-0.2, -0.15) is 0 Å². The molecule has 1 amide bonds. The Labute approximate surface area is 151 Å². The molecule has 2 fully saturated rings. The van der Waals surface area contributed by atoms with E-state index in [0.717, 1.165) is 43.6 Å². The number of benzene rings is 1. The highest BCUT2D eigenvalue weighted by atomic mass is 16.2. The van der Waals surface area contributed by atoms with Crippen LogP contribution < -0.4 is 16.6 Å². The Hall–Kier alpha value is -2.41. The molecule has 3 heterocycles. The number of hydrogen-bond donors (Lipinski definition) is 2. The standard InChI is InChI=1S/C19H24N4O3/c1-2-23-17(25)14-4-3-13(11-15(14)21-18(23)26)16(24)22-9-6-19(7-10-22)5-8-20-12-19/h3-4,11,20H,2,5-10,12H2,1H3,(H,21,26). The summed E-state index contributed by atoms with van der Waals surface area (Å²) in [7, 11) is 0. The largest absolute Gasteiger partial charge is 0.339 e. The summed E-state index contributed by atoms with van der Waals surface area (Å²) < 4.78 is 1.16. The Balaban J connectivity index is 1.60. The fourth-order valence-electron chi connectivity index (χ4n) is 4.26. The second kappa shape index (κ2) is 6.39. The molecule has 2 saturated heterocycles. The summed E-state index contributed by atoms with van der Waals surface area (Å²) in [5.41, 5.74) is 0.532. The Morgan fingerprint density at radius 2 is 1.96 bits per heavy atom. The van der Waals surface area contributed by atoms with Gasteiger partial charge in [0.1, 0.15) is 0 Å². The Kier molecular flexibility index (Phi) is 4.19. The van der Waals surface area contributed by atoms with Gasteiger partial charge in [0, 0.05) is 31.7 Å². The molecule has 0 atom stereocenters. The first-order valence-corrected chi connectivity index (χ1v) is 9.30. The van der Waals surface area contributed by atoms with Crippen LogP contribution in [0.4, 0.5) is 0 Å². The van der Waals surface area contributed by atoms with Gasteiger partial charge >= 0.3 is 5.69 Å². The van der Waals surface area contributed by atoms with Gasteiger partial charge in [0.2, 0.25) is 0 Å². The second-order valence-corrected chi connectivity index (χ2v) is 7.46. The van der Waals surface area contributed by atoms with Gasteiger partial charge in [-0.1, -0.05) is 0 Å². The molecule has 0 aliphatic carbocycles. The monoisotopic (exact) mass is 356 g/mol. The van der Waals surface area contributed by atoms with Gasteiger partial charge in [-0.15, -0.1) is 0 Å². The second-order valence-electron chi connectivity index (χ2n) is 7.46. The lowest BCUT2D eigenvalue weighted by atomic mass is 9.78. The summed E-state index contributed by atoms with van der Waals surface area (Å²) >= 11 is 0. The van der Waals surface area contributed by atoms with Crippen molar-refractivity contribution < 1.29 is 4.79 Å². The number of aromatic nitrogens is 2. The lowest BCUT2D eigenvalue weighted by Gasteiger charge is -2.38. The number of nitrogens with zero attached hydrogens (tertiary/aromatic N) is 2. The molecular formula is C19H24N4O3. The maximum atomic E-state index is 12.9. The highest BCUT2D eigenvalue weighted by Gasteiger charge is 2.38. The normalized spacial score (nSPS) is 19.3. The molecule has 1 spiro atoms. The third-order valence-corrected chi connectivity index (χ3v) is 5.99. The average Bonchev–Trinajstić information content (AvgIpc) is 3.09. The minimum Gasteiger partial charge on any atom is -0.339 e. The van der Waals surface area contributed by atoms with Crippen LogP contribution in [0.25, 0.3) is 10.9 Å². The quantitative estimate of drug-likeness (QED) is 0.838. The van der Waals surface area contributed by atoms with E-state index in [-0.39, 0.29) is 11.5 Å². The minimum atomic E-state index is -0.441. The third kappa shape index (κ3) is 2.76. The summed E-state index contributed by atoms with van der Waals surface area (Å²) in [4.78, 5) is 41.8. The molecule has 2 aliphatic heterocycles. The zero-order chi connectivity index (χ0) is 18.3. The van der Waals surface area contributed by atoms with E-state index >= 15 is 0 Å². The molecule has 0 bridgehead atoms. The van der Waals surface area contributed by atoms with Crippen molar-refractivity contribution in [2.24, 2.45) is 5.41 Å². The lowest BCUT2D eigenvalue weighted by Crippen LogP contribution is -2.44. The van der Waals surface area contributed by atoms with Crippen LogP contribution in [0, 0.1) is 5.41 Å². The smallest absolute Gasteiger partial charge is 0.328 e. The SMILES string of the molecule is CCn1c(=O)[nH]c2cc(C(=O)N3CCC4(CCNC4)CC3)ccc2c1=O. The Morgan fingerprint density at radius 1 is 1.19 bits per heavy atom. The third-order valence-electron chi connectivity index (χ3n) is 5.99. The predicted octanol–water partition coefficient (Wildman–Crippen LogP) is 0.925. The molecule has 138 valence electrons.